The maximum Gasteiger partial charge on any atom is 0.229 e. The number of hydrogen-bond acceptors (Lipinski definition) is 4. The van der Waals surface area contributed by atoms with Crippen LogP contribution < -0.4 is 4.74 Å². The molecule has 1 aliphatic heterocycles. The fourth-order valence-electron chi connectivity index (χ4n) is 3.70. The molecule has 0 spiro atoms. The Morgan fingerprint density at radius 3 is 3.00 bits per heavy atom. The lowest BCUT2D eigenvalue weighted by Crippen LogP contribution is -2.36. The SMILES string of the molecule is CN1CCCC(c2cccc(Oc3cc(Cc4ncc[nH]4)ccc3C#N)c2)C1=O. The van der Waals surface area contributed by atoms with Crippen molar-refractivity contribution in [2.45, 2.75) is 25.2 Å². The van der Waals surface area contributed by atoms with E-state index in [1.807, 2.05) is 43.4 Å². The standard InChI is InChI=1S/C23H22N4O2/c1-27-11-3-6-20(23(27)28)17-4-2-5-19(14-17)29-21-12-16(7-8-18(21)15-24)13-22-25-9-10-26-22/h2,4-5,7-10,12,14,20H,3,6,11,13H2,1H3,(H,25,26). The molecule has 0 radical (unpaired) electrons. The summed E-state index contributed by atoms with van der Waals surface area (Å²) < 4.78 is 6.08. The Balaban J connectivity index is 1.59. The van der Waals surface area contributed by atoms with Crippen molar-refractivity contribution in [1.29, 1.82) is 5.26 Å². The molecule has 1 atom stereocenters. The fraction of sp³-hybridized carbons (Fsp3) is 0.261. The van der Waals surface area contributed by atoms with E-state index in [1.165, 1.54) is 0 Å². The molecular weight excluding hydrogens is 364 g/mol. The first-order chi connectivity index (χ1) is 14.1. The molecule has 1 unspecified atom stereocenters. The molecule has 1 N–H and O–H groups in total. The van der Waals surface area contributed by atoms with Gasteiger partial charge in [-0.1, -0.05) is 18.2 Å². The second-order valence-corrected chi connectivity index (χ2v) is 7.28. The van der Waals surface area contributed by atoms with E-state index in [-0.39, 0.29) is 11.8 Å². The van der Waals surface area contributed by atoms with Gasteiger partial charge in [0.05, 0.1) is 11.5 Å². The second-order valence-electron chi connectivity index (χ2n) is 7.28. The van der Waals surface area contributed by atoms with Crippen molar-refractivity contribution in [3.8, 4) is 17.6 Å². The zero-order valence-corrected chi connectivity index (χ0v) is 16.3. The molecule has 146 valence electrons. The first kappa shape index (κ1) is 18.8. The number of benzene rings is 2. The molecule has 1 amide bonds. The van der Waals surface area contributed by atoms with Crippen molar-refractivity contribution < 1.29 is 9.53 Å². The number of piperidine rings is 1. The topological polar surface area (TPSA) is 82.0 Å². The number of likely N-dealkylation sites (tertiary alicyclic amines) is 1. The quantitative estimate of drug-likeness (QED) is 0.718. The molecule has 3 aromatic rings. The van der Waals surface area contributed by atoms with Crippen LogP contribution in [0.25, 0.3) is 0 Å². The van der Waals surface area contributed by atoms with Gasteiger partial charge in [-0.05, 0) is 48.2 Å². The highest BCUT2D eigenvalue weighted by atomic mass is 16.5. The second kappa shape index (κ2) is 8.19. The summed E-state index contributed by atoms with van der Waals surface area (Å²) in [5.41, 5.74) is 2.41. The third kappa shape index (κ3) is 4.14. The Morgan fingerprint density at radius 2 is 2.21 bits per heavy atom. The van der Waals surface area contributed by atoms with Crippen molar-refractivity contribution in [2.75, 3.05) is 13.6 Å². The molecular formula is C23H22N4O2. The van der Waals surface area contributed by atoms with Gasteiger partial charge < -0.3 is 14.6 Å². The summed E-state index contributed by atoms with van der Waals surface area (Å²) in [6, 6.07) is 15.3. The Labute approximate surface area is 169 Å². The molecule has 1 aliphatic rings. The van der Waals surface area contributed by atoms with Crippen LogP contribution in [0.3, 0.4) is 0 Å². The van der Waals surface area contributed by atoms with Crippen molar-refractivity contribution in [3.63, 3.8) is 0 Å². The number of amides is 1. The number of aromatic nitrogens is 2. The van der Waals surface area contributed by atoms with Crippen LogP contribution in [0.15, 0.2) is 54.9 Å². The van der Waals surface area contributed by atoms with Crippen LogP contribution in [-0.4, -0.2) is 34.4 Å². The summed E-state index contributed by atoms with van der Waals surface area (Å²) in [6.45, 7) is 0.805. The monoisotopic (exact) mass is 386 g/mol. The molecule has 4 rings (SSSR count). The van der Waals surface area contributed by atoms with E-state index in [4.69, 9.17) is 4.74 Å². The minimum atomic E-state index is -0.141. The lowest BCUT2D eigenvalue weighted by molar-refractivity contribution is -0.133. The number of nitrogens with one attached hydrogen (secondary N) is 1. The van der Waals surface area contributed by atoms with Gasteiger partial charge in [-0.3, -0.25) is 4.79 Å². The average Bonchev–Trinajstić information content (AvgIpc) is 3.24. The number of hydrogen-bond donors (Lipinski definition) is 1. The van der Waals surface area contributed by atoms with Crippen LogP contribution in [0.2, 0.25) is 0 Å². The van der Waals surface area contributed by atoms with E-state index in [9.17, 15) is 10.1 Å². The zero-order valence-electron chi connectivity index (χ0n) is 16.3. The number of carbonyl (C=O) groups is 1. The normalized spacial score (nSPS) is 16.5. The molecule has 1 saturated heterocycles. The Kier molecular flexibility index (Phi) is 5.30. The molecule has 6 nitrogen and oxygen atoms in total. The summed E-state index contributed by atoms with van der Waals surface area (Å²) in [4.78, 5) is 21.6. The van der Waals surface area contributed by atoms with E-state index in [0.717, 1.165) is 36.3 Å². The van der Waals surface area contributed by atoms with Gasteiger partial charge in [0.25, 0.3) is 0 Å². The molecule has 0 saturated carbocycles. The first-order valence-corrected chi connectivity index (χ1v) is 9.68. The maximum atomic E-state index is 12.5. The average molecular weight is 386 g/mol. The Bertz CT molecular complexity index is 1050. The molecule has 2 aromatic carbocycles. The lowest BCUT2D eigenvalue weighted by Gasteiger charge is -2.29. The van der Waals surface area contributed by atoms with Gasteiger partial charge in [0.15, 0.2) is 0 Å². The van der Waals surface area contributed by atoms with E-state index in [0.29, 0.717) is 23.5 Å². The van der Waals surface area contributed by atoms with Gasteiger partial charge in [0, 0.05) is 32.4 Å². The molecule has 0 bridgehead atoms. The number of imidazole rings is 1. The number of nitrogens with zero attached hydrogens (tertiary/aromatic N) is 3. The molecule has 1 aromatic heterocycles. The van der Waals surface area contributed by atoms with E-state index >= 15 is 0 Å². The third-order valence-corrected chi connectivity index (χ3v) is 5.24. The molecule has 6 heteroatoms. The molecule has 0 aliphatic carbocycles. The summed E-state index contributed by atoms with van der Waals surface area (Å²) in [6.07, 6.45) is 5.95. The number of nitriles is 1. The number of aromatic amines is 1. The molecule has 2 heterocycles. The smallest absolute Gasteiger partial charge is 0.229 e. The van der Waals surface area contributed by atoms with Gasteiger partial charge in [0.1, 0.15) is 23.4 Å². The predicted molar refractivity (Wildman–Crippen MR) is 109 cm³/mol. The predicted octanol–water partition coefficient (Wildman–Crippen LogP) is 4.00. The molecule has 29 heavy (non-hydrogen) atoms. The van der Waals surface area contributed by atoms with Gasteiger partial charge in [-0.15, -0.1) is 0 Å². The minimum absolute atomic E-state index is 0.141. The highest BCUT2D eigenvalue weighted by Gasteiger charge is 2.27. The number of H-pyrrole nitrogens is 1. The van der Waals surface area contributed by atoms with Gasteiger partial charge >= 0.3 is 0 Å². The van der Waals surface area contributed by atoms with Crippen LogP contribution in [0.4, 0.5) is 0 Å². The third-order valence-electron chi connectivity index (χ3n) is 5.24. The number of ether oxygens (including phenoxy) is 1. The first-order valence-electron chi connectivity index (χ1n) is 9.68. The van der Waals surface area contributed by atoms with Gasteiger partial charge in [0.2, 0.25) is 5.91 Å². The molecule has 1 fully saturated rings. The van der Waals surface area contributed by atoms with Crippen molar-refractivity contribution in [3.05, 3.63) is 77.4 Å². The minimum Gasteiger partial charge on any atom is -0.456 e. The highest BCUT2D eigenvalue weighted by Crippen LogP contribution is 2.32. The van der Waals surface area contributed by atoms with Crippen LogP contribution in [-0.2, 0) is 11.2 Å². The van der Waals surface area contributed by atoms with E-state index < -0.39 is 0 Å². The van der Waals surface area contributed by atoms with Gasteiger partial charge in [-0.2, -0.15) is 5.26 Å². The number of carbonyl (C=O) groups excluding carboxylic acids is 1. The summed E-state index contributed by atoms with van der Waals surface area (Å²) >= 11 is 0. The van der Waals surface area contributed by atoms with Crippen LogP contribution in [0.1, 0.15) is 41.3 Å². The summed E-state index contributed by atoms with van der Waals surface area (Å²) in [5, 5.41) is 9.47. The van der Waals surface area contributed by atoms with Crippen LogP contribution in [0, 0.1) is 11.3 Å². The fourth-order valence-corrected chi connectivity index (χ4v) is 3.70. The van der Waals surface area contributed by atoms with Crippen molar-refractivity contribution in [2.24, 2.45) is 0 Å². The summed E-state index contributed by atoms with van der Waals surface area (Å²) in [7, 11) is 1.85. The van der Waals surface area contributed by atoms with Gasteiger partial charge in [-0.25, -0.2) is 4.98 Å². The summed E-state index contributed by atoms with van der Waals surface area (Å²) in [5.74, 6) is 1.98. The maximum absolute atomic E-state index is 12.5. The Hall–Kier alpha value is -3.59. The van der Waals surface area contributed by atoms with Crippen molar-refractivity contribution >= 4 is 5.91 Å². The van der Waals surface area contributed by atoms with Crippen LogP contribution in [0.5, 0.6) is 11.5 Å². The highest BCUT2D eigenvalue weighted by molar-refractivity contribution is 5.84. The van der Waals surface area contributed by atoms with E-state index in [1.54, 1.807) is 23.4 Å². The lowest BCUT2D eigenvalue weighted by atomic mass is 9.90. The van der Waals surface area contributed by atoms with E-state index in [2.05, 4.69) is 16.0 Å². The largest absolute Gasteiger partial charge is 0.456 e. The number of likely N-dealkylation sites (N-methyl/N-ethyl adjacent to an activating group) is 1. The zero-order chi connectivity index (χ0) is 20.2. The van der Waals surface area contributed by atoms with Crippen LogP contribution >= 0.6 is 0 Å². The van der Waals surface area contributed by atoms with Crippen molar-refractivity contribution in [1.82, 2.24) is 14.9 Å². The Morgan fingerprint density at radius 1 is 1.31 bits per heavy atom. The number of rotatable bonds is 5.